The number of hydrogen-bond donors (Lipinski definition) is 0. The first-order valence-electron chi connectivity index (χ1n) is 5.48. The number of hydrogen-bond acceptors (Lipinski definition) is 4. The van der Waals surface area contributed by atoms with E-state index >= 15 is 0 Å². The number of methoxy groups -OCH3 is 1. The summed E-state index contributed by atoms with van der Waals surface area (Å²) in [4.78, 5) is 21.2. The van der Waals surface area contributed by atoms with Crippen LogP contribution in [0.3, 0.4) is 0 Å². The summed E-state index contributed by atoms with van der Waals surface area (Å²) in [6.07, 6.45) is 2.94. The molecule has 1 aliphatic rings. The summed E-state index contributed by atoms with van der Waals surface area (Å²) in [6.45, 7) is 3.92. The Labute approximate surface area is 101 Å². The molecule has 4 heteroatoms. The Kier molecular flexibility index (Phi) is 5.44. The van der Waals surface area contributed by atoms with E-state index < -0.39 is 5.97 Å². The van der Waals surface area contributed by atoms with Gasteiger partial charge in [0.2, 0.25) is 0 Å². The molecule has 0 bridgehead atoms. The highest BCUT2D eigenvalue weighted by molar-refractivity contribution is 5.88. The van der Waals surface area contributed by atoms with Crippen molar-refractivity contribution >= 4 is 12.3 Å². The Balaban J connectivity index is 2.46. The Morgan fingerprint density at radius 2 is 2.29 bits per heavy atom. The fraction of sp³-hybridized carbons (Fsp3) is 0.538. The third-order valence-corrected chi connectivity index (χ3v) is 2.48. The minimum absolute atomic E-state index is 0.0849. The number of rotatable bonds is 3. The Morgan fingerprint density at radius 3 is 2.94 bits per heavy atom. The van der Waals surface area contributed by atoms with Crippen molar-refractivity contribution in [2.24, 2.45) is 0 Å². The average Bonchev–Trinajstić information content (AvgIpc) is 2.28. The predicted octanol–water partition coefficient (Wildman–Crippen LogP) is 1.25. The number of carbonyl (C=O) groups is 2. The lowest BCUT2D eigenvalue weighted by molar-refractivity contribution is -0.133. The van der Waals surface area contributed by atoms with Crippen molar-refractivity contribution in [1.29, 1.82) is 0 Å². The van der Waals surface area contributed by atoms with Gasteiger partial charge in [0.25, 0.3) is 0 Å². The molecule has 2 atom stereocenters. The molecule has 0 saturated carbocycles. The molecule has 0 aromatic carbocycles. The minimum atomic E-state index is -0.552. The zero-order chi connectivity index (χ0) is 12.7. The number of carbonyl (C=O) groups excluding carboxylic acids is 2. The second-order valence-corrected chi connectivity index (χ2v) is 3.94. The molecule has 0 spiro atoms. The summed E-state index contributed by atoms with van der Waals surface area (Å²) >= 11 is 0. The second-order valence-electron chi connectivity index (χ2n) is 3.94. The van der Waals surface area contributed by atoms with Crippen LogP contribution in [0.15, 0.2) is 12.2 Å². The molecule has 0 aromatic rings. The van der Waals surface area contributed by atoms with Gasteiger partial charge in [-0.05, 0) is 12.8 Å². The van der Waals surface area contributed by atoms with Crippen LogP contribution in [0.5, 0.6) is 0 Å². The Bertz CT molecular complexity index is 361. The largest absolute Gasteiger partial charge is 0.459 e. The third-order valence-electron chi connectivity index (χ3n) is 2.48. The molecule has 1 aliphatic heterocycles. The maximum Gasteiger partial charge on any atom is 0.384 e. The molecular formula is C13H16O4. The van der Waals surface area contributed by atoms with Crippen molar-refractivity contribution in [3.05, 3.63) is 12.2 Å². The highest BCUT2D eigenvalue weighted by Crippen LogP contribution is 2.25. The van der Waals surface area contributed by atoms with Gasteiger partial charge in [-0.15, -0.1) is 0 Å². The highest BCUT2D eigenvalue weighted by Gasteiger charge is 2.23. The summed E-state index contributed by atoms with van der Waals surface area (Å²) in [5.41, 5.74) is 1.06. The van der Waals surface area contributed by atoms with Crippen molar-refractivity contribution in [3.8, 4) is 11.8 Å². The monoisotopic (exact) mass is 236 g/mol. The van der Waals surface area contributed by atoms with Crippen molar-refractivity contribution < 1.29 is 19.1 Å². The number of esters is 1. The molecule has 4 nitrogen and oxygen atoms in total. The van der Waals surface area contributed by atoms with Gasteiger partial charge in [-0.3, -0.25) is 0 Å². The quantitative estimate of drug-likeness (QED) is 0.243. The molecule has 0 aliphatic carbocycles. The van der Waals surface area contributed by atoms with Crippen LogP contribution < -0.4 is 0 Å². The van der Waals surface area contributed by atoms with E-state index in [0.717, 1.165) is 24.7 Å². The van der Waals surface area contributed by atoms with E-state index in [2.05, 4.69) is 23.2 Å². The number of aldehydes is 1. The molecule has 1 saturated heterocycles. The van der Waals surface area contributed by atoms with Crippen LogP contribution in [0.2, 0.25) is 0 Å². The van der Waals surface area contributed by atoms with Gasteiger partial charge in [0.1, 0.15) is 6.29 Å². The first-order chi connectivity index (χ1) is 8.15. The van der Waals surface area contributed by atoms with Gasteiger partial charge < -0.3 is 14.3 Å². The van der Waals surface area contributed by atoms with Crippen LogP contribution in [0.1, 0.15) is 25.7 Å². The summed E-state index contributed by atoms with van der Waals surface area (Å²) in [5.74, 6) is 4.51. The molecule has 0 radical (unpaired) electrons. The van der Waals surface area contributed by atoms with Crippen molar-refractivity contribution in [3.63, 3.8) is 0 Å². The average molecular weight is 236 g/mol. The first kappa shape index (κ1) is 13.5. The predicted molar refractivity (Wildman–Crippen MR) is 62.1 cm³/mol. The molecule has 1 rings (SSSR count). The zero-order valence-corrected chi connectivity index (χ0v) is 9.90. The summed E-state index contributed by atoms with van der Waals surface area (Å²) in [7, 11) is 1.29. The van der Waals surface area contributed by atoms with Crippen LogP contribution in [0.25, 0.3) is 0 Å². The summed E-state index contributed by atoms with van der Waals surface area (Å²) < 4.78 is 10.1. The molecule has 0 N–H and O–H groups in total. The van der Waals surface area contributed by atoms with Crippen molar-refractivity contribution in [2.75, 3.05) is 7.11 Å². The van der Waals surface area contributed by atoms with E-state index in [-0.39, 0.29) is 12.2 Å². The van der Waals surface area contributed by atoms with E-state index in [1.807, 2.05) is 0 Å². The molecular weight excluding hydrogens is 220 g/mol. The molecule has 0 amide bonds. The third kappa shape index (κ3) is 4.83. The molecule has 1 heterocycles. The fourth-order valence-corrected chi connectivity index (χ4v) is 1.75. The normalized spacial score (nSPS) is 23.5. The highest BCUT2D eigenvalue weighted by atomic mass is 16.5. The van der Waals surface area contributed by atoms with Gasteiger partial charge in [0.05, 0.1) is 19.3 Å². The van der Waals surface area contributed by atoms with Crippen LogP contribution >= 0.6 is 0 Å². The Hall–Kier alpha value is -1.60. The standard InChI is InChI=1S/C13H16O4/c1-10-8-11(4-3-5-13(15)16-2)17-12(9-10)6-7-14/h7,11-12H,1,4,6,8-9H2,2H3/t11-,12-/m0/s1. The van der Waals surface area contributed by atoms with E-state index in [1.54, 1.807) is 0 Å². The summed E-state index contributed by atoms with van der Waals surface area (Å²) in [6, 6.07) is 0. The van der Waals surface area contributed by atoms with Crippen LogP contribution in [0.4, 0.5) is 0 Å². The van der Waals surface area contributed by atoms with Gasteiger partial charge in [-0.1, -0.05) is 18.1 Å². The maximum atomic E-state index is 10.8. The molecule has 0 aromatic heterocycles. The summed E-state index contributed by atoms with van der Waals surface area (Å²) in [5, 5.41) is 0. The van der Waals surface area contributed by atoms with E-state index in [0.29, 0.717) is 12.8 Å². The molecule has 92 valence electrons. The van der Waals surface area contributed by atoms with Gasteiger partial charge in [-0.25, -0.2) is 4.79 Å². The van der Waals surface area contributed by atoms with E-state index in [1.165, 1.54) is 7.11 Å². The lowest BCUT2D eigenvalue weighted by atomic mass is 9.96. The van der Waals surface area contributed by atoms with Gasteiger partial charge in [0, 0.05) is 18.8 Å². The maximum absolute atomic E-state index is 10.8. The second kappa shape index (κ2) is 6.87. The fourth-order valence-electron chi connectivity index (χ4n) is 1.75. The first-order valence-corrected chi connectivity index (χ1v) is 5.48. The topological polar surface area (TPSA) is 52.6 Å². The van der Waals surface area contributed by atoms with Crippen LogP contribution in [-0.4, -0.2) is 31.6 Å². The SMILES string of the molecule is C=C1C[C@H](CC#CC(=O)OC)O[C@@H](CC=O)C1. The van der Waals surface area contributed by atoms with Crippen LogP contribution in [-0.2, 0) is 19.1 Å². The molecule has 1 fully saturated rings. The minimum Gasteiger partial charge on any atom is -0.459 e. The molecule has 0 unspecified atom stereocenters. The van der Waals surface area contributed by atoms with Gasteiger partial charge >= 0.3 is 5.97 Å². The number of ether oxygens (including phenoxy) is 2. The lowest BCUT2D eigenvalue weighted by Crippen LogP contribution is -2.28. The van der Waals surface area contributed by atoms with Crippen molar-refractivity contribution in [2.45, 2.75) is 37.9 Å². The smallest absolute Gasteiger partial charge is 0.384 e. The molecule has 17 heavy (non-hydrogen) atoms. The van der Waals surface area contributed by atoms with Crippen molar-refractivity contribution in [1.82, 2.24) is 0 Å². The van der Waals surface area contributed by atoms with E-state index in [9.17, 15) is 9.59 Å². The van der Waals surface area contributed by atoms with Gasteiger partial charge in [-0.2, -0.15) is 0 Å². The van der Waals surface area contributed by atoms with E-state index in [4.69, 9.17) is 4.74 Å². The lowest BCUT2D eigenvalue weighted by Gasteiger charge is -2.29. The Morgan fingerprint density at radius 1 is 1.59 bits per heavy atom. The van der Waals surface area contributed by atoms with Crippen LogP contribution in [0, 0.1) is 11.8 Å². The van der Waals surface area contributed by atoms with Gasteiger partial charge in [0.15, 0.2) is 0 Å². The zero-order valence-electron chi connectivity index (χ0n) is 9.90.